The van der Waals surface area contributed by atoms with Gasteiger partial charge in [0.05, 0.1) is 11.6 Å². The van der Waals surface area contributed by atoms with Crippen molar-refractivity contribution in [2.75, 3.05) is 0 Å². The van der Waals surface area contributed by atoms with Crippen LogP contribution in [0.4, 0.5) is 0 Å². The molecule has 1 heterocycles. The molecule has 0 radical (unpaired) electrons. The van der Waals surface area contributed by atoms with Gasteiger partial charge in [0.2, 0.25) is 0 Å². The van der Waals surface area contributed by atoms with Crippen molar-refractivity contribution >= 4 is 5.91 Å². The average Bonchev–Trinajstić information content (AvgIpc) is 3.25. The van der Waals surface area contributed by atoms with E-state index in [2.05, 4.69) is 16.8 Å². The molecule has 0 saturated heterocycles. The number of nitrogens with zero attached hydrogens (tertiary/aromatic N) is 1. The van der Waals surface area contributed by atoms with Crippen molar-refractivity contribution in [1.29, 1.82) is 0 Å². The van der Waals surface area contributed by atoms with E-state index in [1.807, 2.05) is 50.2 Å². The van der Waals surface area contributed by atoms with Gasteiger partial charge in [-0.2, -0.15) is 0 Å². The third-order valence-electron chi connectivity index (χ3n) is 4.29. The smallest absolute Gasteiger partial charge is 0.253 e. The van der Waals surface area contributed by atoms with E-state index < -0.39 is 0 Å². The lowest BCUT2D eigenvalue weighted by Gasteiger charge is -2.14. The molecule has 0 bridgehead atoms. The highest BCUT2D eigenvalue weighted by molar-refractivity contribution is 5.96. The summed E-state index contributed by atoms with van der Waals surface area (Å²) in [6.07, 6.45) is 2.47. The fraction of sp³-hybridized carbons (Fsp3) is 0.389. The summed E-state index contributed by atoms with van der Waals surface area (Å²) in [5, 5.41) is 3.10. The highest BCUT2D eigenvalue weighted by Crippen LogP contribution is 2.38. The first kappa shape index (κ1) is 13.9. The third-order valence-corrected chi connectivity index (χ3v) is 4.29. The summed E-state index contributed by atoms with van der Waals surface area (Å²) in [7, 11) is 0. The first-order chi connectivity index (χ1) is 10.1. The van der Waals surface area contributed by atoms with Gasteiger partial charge in [0, 0.05) is 17.4 Å². The number of rotatable bonds is 4. The van der Waals surface area contributed by atoms with E-state index in [1.54, 1.807) is 0 Å². The number of aryl methyl sites for hydroxylation is 1. The van der Waals surface area contributed by atoms with Gasteiger partial charge in [-0.15, -0.1) is 0 Å². The fourth-order valence-corrected chi connectivity index (χ4v) is 3.00. The lowest BCUT2D eigenvalue weighted by Crippen LogP contribution is -2.27. The molecule has 1 amide bonds. The molecule has 0 spiro atoms. The summed E-state index contributed by atoms with van der Waals surface area (Å²) in [5.41, 5.74) is 4.21. The summed E-state index contributed by atoms with van der Waals surface area (Å²) >= 11 is 0. The van der Waals surface area contributed by atoms with Crippen molar-refractivity contribution < 1.29 is 4.79 Å². The van der Waals surface area contributed by atoms with E-state index >= 15 is 0 Å². The largest absolute Gasteiger partial charge is 0.345 e. The Kier molecular flexibility index (Phi) is 3.58. The first-order valence-electron chi connectivity index (χ1n) is 7.62. The topological polar surface area (TPSA) is 34.0 Å². The number of amides is 1. The zero-order valence-corrected chi connectivity index (χ0v) is 12.9. The Hall–Kier alpha value is -2.03. The molecule has 3 heteroatoms. The highest BCUT2D eigenvalue weighted by Gasteiger charge is 2.28. The van der Waals surface area contributed by atoms with Gasteiger partial charge >= 0.3 is 0 Å². The van der Waals surface area contributed by atoms with E-state index in [9.17, 15) is 4.79 Å². The number of benzene rings is 1. The van der Waals surface area contributed by atoms with E-state index in [1.165, 1.54) is 18.5 Å². The quantitative estimate of drug-likeness (QED) is 0.905. The Morgan fingerprint density at radius 3 is 2.52 bits per heavy atom. The summed E-state index contributed by atoms with van der Waals surface area (Å²) in [4.78, 5) is 12.5. The minimum Gasteiger partial charge on any atom is -0.345 e. The molecule has 1 aromatic heterocycles. The average molecular weight is 282 g/mol. The molecule has 2 aromatic rings. The second-order valence-electron chi connectivity index (χ2n) is 5.99. The number of hydrogen-bond donors (Lipinski definition) is 1. The van der Waals surface area contributed by atoms with Crippen LogP contribution < -0.4 is 5.32 Å². The van der Waals surface area contributed by atoms with Gasteiger partial charge in [0.25, 0.3) is 5.91 Å². The van der Waals surface area contributed by atoms with Crippen LogP contribution in [0.25, 0.3) is 0 Å². The van der Waals surface area contributed by atoms with Gasteiger partial charge in [-0.05, 0) is 45.2 Å². The van der Waals surface area contributed by atoms with Crippen LogP contribution in [0.3, 0.4) is 0 Å². The lowest BCUT2D eigenvalue weighted by atomic mass is 10.1. The van der Waals surface area contributed by atoms with Gasteiger partial charge in [0.15, 0.2) is 0 Å². The van der Waals surface area contributed by atoms with Crippen LogP contribution in [0.2, 0.25) is 0 Å². The fourth-order valence-electron chi connectivity index (χ4n) is 3.00. The van der Waals surface area contributed by atoms with Crippen LogP contribution in [-0.2, 0) is 0 Å². The molecule has 1 N–H and O–H groups in total. The SMILES string of the molecule is Cc1cc(C(=O)NC(C)c2ccccc2)c(C)n1C1CC1. The number of carbonyl (C=O) groups excluding carboxylic acids is 1. The van der Waals surface area contributed by atoms with E-state index in [4.69, 9.17) is 0 Å². The predicted octanol–water partition coefficient (Wildman–Crippen LogP) is 3.93. The molecule has 3 rings (SSSR count). The van der Waals surface area contributed by atoms with Crippen LogP contribution in [-0.4, -0.2) is 10.5 Å². The Morgan fingerprint density at radius 2 is 1.90 bits per heavy atom. The minimum absolute atomic E-state index is 0.0164. The highest BCUT2D eigenvalue weighted by atomic mass is 16.1. The molecule has 1 aliphatic carbocycles. The van der Waals surface area contributed by atoms with Crippen LogP contribution in [0.15, 0.2) is 36.4 Å². The molecule has 3 nitrogen and oxygen atoms in total. The maximum atomic E-state index is 12.5. The Labute approximate surface area is 126 Å². The standard InChI is InChI=1S/C18H22N2O/c1-12-11-17(14(3)20(12)16-9-10-16)18(21)19-13(2)15-7-5-4-6-8-15/h4-8,11,13,16H,9-10H2,1-3H3,(H,19,21). The third kappa shape index (κ3) is 2.73. The van der Waals surface area contributed by atoms with Crippen molar-refractivity contribution in [2.24, 2.45) is 0 Å². The molecule has 0 aliphatic heterocycles. The molecule has 21 heavy (non-hydrogen) atoms. The summed E-state index contributed by atoms with van der Waals surface area (Å²) in [5.74, 6) is 0.0198. The maximum absolute atomic E-state index is 12.5. The number of carbonyl (C=O) groups is 1. The molecular weight excluding hydrogens is 260 g/mol. The Balaban J connectivity index is 1.78. The molecule has 1 atom stereocenters. The van der Waals surface area contributed by atoms with Gasteiger partial charge < -0.3 is 9.88 Å². The lowest BCUT2D eigenvalue weighted by molar-refractivity contribution is 0.0939. The molecule has 1 aliphatic rings. The molecule has 110 valence electrons. The summed E-state index contributed by atoms with van der Waals surface area (Å²) in [6.45, 7) is 6.16. The maximum Gasteiger partial charge on any atom is 0.253 e. The molecule has 1 saturated carbocycles. The van der Waals surface area contributed by atoms with Gasteiger partial charge in [-0.25, -0.2) is 0 Å². The minimum atomic E-state index is 0.0164. The second kappa shape index (κ2) is 5.40. The molecule has 1 unspecified atom stereocenters. The summed E-state index contributed by atoms with van der Waals surface area (Å²) < 4.78 is 2.31. The zero-order chi connectivity index (χ0) is 15.0. The van der Waals surface area contributed by atoms with E-state index in [-0.39, 0.29) is 11.9 Å². The monoisotopic (exact) mass is 282 g/mol. The van der Waals surface area contributed by atoms with Gasteiger partial charge in [0.1, 0.15) is 0 Å². The van der Waals surface area contributed by atoms with Crippen molar-refractivity contribution in [3.05, 3.63) is 58.9 Å². The molecular formula is C18H22N2O. The zero-order valence-electron chi connectivity index (χ0n) is 12.9. The van der Waals surface area contributed by atoms with E-state index in [0.717, 1.165) is 16.8 Å². The predicted molar refractivity (Wildman–Crippen MR) is 84.5 cm³/mol. The Bertz CT molecular complexity index is 653. The van der Waals surface area contributed by atoms with Crippen LogP contribution in [0.1, 0.15) is 59.2 Å². The van der Waals surface area contributed by atoms with Crippen molar-refractivity contribution in [3.63, 3.8) is 0 Å². The second-order valence-corrected chi connectivity index (χ2v) is 5.99. The molecule has 1 aromatic carbocycles. The van der Waals surface area contributed by atoms with Crippen LogP contribution >= 0.6 is 0 Å². The van der Waals surface area contributed by atoms with Crippen molar-refractivity contribution in [2.45, 2.75) is 45.7 Å². The van der Waals surface area contributed by atoms with Crippen LogP contribution in [0, 0.1) is 13.8 Å². The van der Waals surface area contributed by atoms with Crippen molar-refractivity contribution in [3.8, 4) is 0 Å². The first-order valence-corrected chi connectivity index (χ1v) is 7.62. The molecule has 1 fully saturated rings. The normalized spacial score (nSPS) is 15.8. The van der Waals surface area contributed by atoms with Gasteiger partial charge in [-0.1, -0.05) is 30.3 Å². The number of aromatic nitrogens is 1. The number of hydrogen-bond acceptors (Lipinski definition) is 1. The van der Waals surface area contributed by atoms with Crippen LogP contribution in [0.5, 0.6) is 0 Å². The van der Waals surface area contributed by atoms with Gasteiger partial charge in [-0.3, -0.25) is 4.79 Å². The van der Waals surface area contributed by atoms with E-state index in [0.29, 0.717) is 6.04 Å². The number of nitrogens with one attached hydrogen (secondary N) is 1. The Morgan fingerprint density at radius 1 is 1.24 bits per heavy atom. The van der Waals surface area contributed by atoms with Crippen molar-refractivity contribution in [1.82, 2.24) is 9.88 Å². The summed E-state index contributed by atoms with van der Waals surface area (Å²) in [6, 6.07) is 12.7.